The van der Waals surface area contributed by atoms with Crippen molar-refractivity contribution in [3.8, 4) is 0 Å². The predicted molar refractivity (Wildman–Crippen MR) is 79.5 cm³/mol. The number of rotatable bonds is 2. The van der Waals surface area contributed by atoms with Crippen molar-refractivity contribution in [2.45, 2.75) is 43.3 Å². The number of aromatic nitrogens is 4. The molecule has 0 unspecified atom stereocenters. The number of halogens is 1. The van der Waals surface area contributed by atoms with E-state index in [1.54, 1.807) is 0 Å². The van der Waals surface area contributed by atoms with Crippen molar-refractivity contribution < 1.29 is 0 Å². The van der Waals surface area contributed by atoms with Gasteiger partial charge in [-0.3, -0.25) is 4.79 Å². The van der Waals surface area contributed by atoms with Crippen LogP contribution in [0, 0.1) is 6.92 Å². The van der Waals surface area contributed by atoms with E-state index < -0.39 is 0 Å². The smallest absolute Gasteiger partial charge is 0.251 e. The van der Waals surface area contributed by atoms with Gasteiger partial charge in [-0.15, -0.1) is 0 Å². The summed E-state index contributed by atoms with van der Waals surface area (Å²) >= 11 is 7.44. The second-order valence-electron chi connectivity index (χ2n) is 5.36. The highest BCUT2D eigenvalue weighted by Crippen LogP contribution is 2.31. The van der Waals surface area contributed by atoms with Crippen LogP contribution < -0.4 is 5.56 Å². The molecule has 0 aromatic carbocycles. The van der Waals surface area contributed by atoms with Crippen LogP contribution in [0.5, 0.6) is 0 Å². The van der Waals surface area contributed by atoms with Crippen molar-refractivity contribution in [3.05, 3.63) is 39.2 Å². The lowest BCUT2D eigenvalue weighted by Crippen LogP contribution is -2.17. The first-order chi connectivity index (χ1) is 9.27. The zero-order valence-corrected chi connectivity index (χ0v) is 13.3. The lowest BCUT2D eigenvalue weighted by atomic mass is 9.96. The average Bonchev–Trinajstić information content (AvgIpc) is 2.33. The molecule has 0 bridgehead atoms. The first kappa shape index (κ1) is 15.0. The predicted octanol–water partition coefficient (Wildman–Crippen LogP) is 2.97. The highest BCUT2D eigenvalue weighted by molar-refractivity contribution is 7.99. The minimum absolute atomic E-state index is 0.198. The van der Waals surface area contributed by atoms with Gasteiger partial charge in [0, 0.05) is 23.2 Å². The summed E-state index contributed by atoms with van der Waals surface area (Å²) in [6, 6.07) is 1.37. The first-order valence-electron chi connectivity index (χ1n) is 6.05. The molecule has 7 heteroatoms. The third-order valence-corrected chi connectivity index (χ3v) is 3.91. The molecule has 0 saturated heterocycles. The Bertz CT molecular complexity index is 694. The number of H-pyrrole nitrogens is 1. The Hall–Kier alpha value is -1.40. The fraction of sp³-hybridized carbons (Fsp3) is 0.385. The molecular formula is C13H15ClN4OS. The van der Waals surface area contributed by atoms with Gasteiger partial charge in [0.1, 0.15) is 16.0 Å². The van der Waals surface area contributed by atoms with Gasteiger partial charge in [-0.2, -0.15) is 0 Å². The molecule has 2 heterocycles. The Labute approximate surface area is 126 Å². The van der Waals surface area contributed by atoms with Crippen LogP contribution in [0.15, 0.2) is 27.2 Å². The highest BCUT2D eigenvalue weighted by Gasteiger charge is 2.21. The lowest BCUT2D eigenvalue weighted by Gasteiger charge is -2.18. The molecule has 0 aliphatic carbocycles. The maximum atomic E-state index is 11.3. The minimum Gasteiger partial charge on any atom is -0.301 e. The Morgan fingerprint density at radius 1 is 1.30 bits per heavy atom. The van der Waals surface area contributed by atoms with E-state index in [0.717, 1.165) is 5.56 Å². The van der Waals surface area contributed by atoms with E-state index in [0.29, 0.717) is 21.2 Å². The summed E-state index contributed by atoms with van der Waals surface area (Å²) in [6.45, 7) is 7.90. The van der Waals surface area contributed by atoms with Gasteiger partial charge in [-0.05, 0) is 18.7 Å². The molecule has 20 heavy (non-hydrogen) atoms. The average molecular weight is 311 g/mol. The van der Waals surface area contributed by atoms with Crippen LogP contribution >= 0.6 is 23.4 Å². The molecule has 106 valence electrons. The van der Waals surface area contributed by atoms with Gasteiger partial charge >= 0.3 is 0 Å². The maximum Gasteiger partial charge on any atom is 0.251 e. The second kappa shape index (κ2) is 5.54. The van der Waals surface area contributed by atoms with Crippen molar-refractivity contribution in [2.24, 2.45) is 0 Å². The number of nitrogens with one attached hydrogen (secondary N) is 1. The maximum absolute atomic E-state index is 11.3. The minimum atomic E-state index is -0.204. The summed E-state index contributed by atoms with van der Waals surface area (Å²) in [5, 5.41) is 1.60. The fourth-order valence-electron chi connectivity index (χ4n) is 1.40. The third kappa shape index (κ3) is 3.37. The van der Waals surface area contributed by atoms with Crippen LogP contribution in [0.25, 0.3) is 0 Å². The van der Waals surface area contributed by atoms with E-state index in [1.165, 1.54) is 24.0 Å². The van der Waals surface area contributed by atoms with Gasteiger partial charge in [0.2, 0.25) is 0 Å². The van der Waals surface area contributed by atoms with Gasteiger partial charge in [0.25, 0.3) is 5.56 Å². The summed E-state index contributed by atoms with van der Waals surface area (Å²) in [7, 11) is 0. The summed E-state index contributed by atoms with van der Waals surface area (Å²) in [5.74, 6) is 0.661. The number of hydrogen-bond acceptors (Lipinski definition) is 5. The summed E-state index contributed by atoms with van der Waals surface area (Å²) in [4.78, 5) is 26.9. The van der Waals surface area contributed by atoms with E-state index in [-0.39, 0.29) is 11.0 Å². The van der Waals surface area contributed by atoms with Crippen molar-refractivity contribution in [3.63, 3.8) is 0 Å². The number of aromatic amines is 1. The molecule has 0 aliphatic heterocycles. The van der Waals surface area contributed by atoms with Crippen molar-refractivity contribution in [1.29, 1.82) is 0 Å². The van der Waals surface area contributed by atoms with Gasteiger partial charge < -0.3 is 4.98 Å². The molecule has 0 fully saturated rings. The van der Waals surface area contributed by atoms with Gasteiger partial charge in [0.15, 0.2) is 5.16 Å². The monoisotopic (exact) mass is 310 g/mol. The third-order valence-electron chi connectivity index (χ3n) is 2.55. The molecule has 2 rings (SSSR count). The molecule has 0 saturated carbocycles. The molecule has 0 atom stereocenters. The van der Waals surface area contributed by atoms with Crippen LogP contribution in [0.2, 0.25) is 5.15 Å². The summed E-state index contributed by atoms with van der Waals surface area (Å²) in [6.07, 6.45) is 1.46. The topological polar surface area (TPSA) is 71.5 Å². The molecule has 0 spiro atoms. The quantitative estimate of drug-likeness (QED) is 0.682. The molecule has 1 N–H and O–H groups in total. The normalized spacial score (nSPS) is 11.7. The fourth-order valence-corrected chi connectivity index (χ4v) is 2.46. The van der Waals surface area contributed by atoms with Crippen LogP contribution in [-0.2, 0) is 5.41 Å². The van der Waals surface area contributed by atoms with Gasteiger partial charge in [-0.1, -0.05) is 32.4 Å². The zero-order valence-electron chi connectivity index (χ0n) is 11.7. The number of nitrogens with zero attached hydrogens (tertiary/aromatic N) is 3. The lowest BCUT2D eigenvalue weighted by molar-refractivity contribution is 0.537. The Morgan fingerprint density at radius 3 is 2.60 bits per heavy atom. The Balaban J connectivity index is 2.46. The van der Waals surface area contributed by atoms with E-state index in [2.05, 4.69) is 19.9 Å². The summed E-state index contributed by atoms with van der Waals surface area (Å²) < 4.78 is 0. The molecule has 2 aromatic rings. The summed E-state index contributed by atoms with van der Waals surface area (Å²) in [5.41, 5.74) is 0.372. The SMILES string of the molecule is Cc1c(Cl)nc(C(C)(C)C)nc1Sc1nccc(=O)[nH]1. The number of hydrogen-bond donors (Lipinski definition) is 1. The van der Waals surface area contributed by atoms with E-state index in [1.807, 2.05) is 27.7 Å². The van der Waals surface area contributed by atoms with Gasteiger partial charge in [-0.25, -0.2) is 15.0 Å². The van der Waals surface area contributed by atoms with Crippen LogP contribution in [0.4, 0.5) is 0 Å². The first-order valence-corrected chi connectivity index (χ1v) is 7.24. The highest BCUT2D eigenvalue weighted by atomic mass is 35.5. The Morgan fingerprint density at radius 2 is 2.00 bits per heavy atom. The van der Waals surface area contributed by atoms with Crippen LogP contribution in [-0.4, -0.2) is 19.9 Å². The molecule has 0 aliphatic rings. The van der Waals surface area contributed by atoms with Crippen LogP contribution in [0.1, 0.15) is 32.2 Å². The molecule has 0 amide bonds. The second-order valence-corrected chi connectivity index (χ2v) is 6.70. The Kier molecular flexibility index (Phi) is 4.15. The molecular weight excluding hydrogens is 296 g/mol. The molecule has 0 radical (unpaired) electrons. The van der Waals surface area contributed by atoms with Crippen molar-refractivity contribution >= 4 is 23.4 Å². The van der Waals surface area contributed by atoms with Crippen LogP contribution in [0.3, 0.4) is 0 Å². The molecule has 5 nitrogen and oxygen atoms in total. The van der Waals surface area contributed by atoms with E-state index in [9.17, 15) is 4.79 Å². The van der Waals surface area contributed by atoms with E-state index in [4.69, 9.17) is 11.6 Å². The standard InChI is InChI=1S/C13H15ClN4OS/c1-7-9(14)17-11(13(2,3)4)18-10(7)20-12-15-6-5-8(19)16-12/h5-6H,1-4H3,(H,15,16,19). The largest absolute Gasteiger partial charge is 0.301 e. The van der Waals surface area contributed by atoms with Crippen molar-refractivity contribution in [1.82, 2.24) is 19.9 Å². The van der Waals surface area contributed by atoms with E-state index >= 15 is 0 Å². The van der Waals surface area contributed by atoms with Gasteiger partial charge in [0.05, 0.1) is 0 Å². The zero-order chi connectivity index (χ0) is 14.9. The molecule has 2 aromatic heterocycles. The van der Waals surface area contributed by atoms with Crippen molar-refractivity contribution in [2.75, 3.05) is 0 Å².